The van der Waals surface area contributed by atoms with Crippen LogP contribution in [0.1, 0.15) is 53.2 Å². The number of amides is 1. The van der Waals surface area contributed by atoms with Gasteiger partial charge in [0.2, 0.25) is 0 Å². The third kappa shape index (κ3) is 6.05. The molecule has 184 valence electrons. The third-order valence-corrected chi connectivity index (χ3v) is 7.74. The molecule has 1 amide bonds. The van der Waals surface area contributed by atoms with Crippen LogP contribution in [-0.2, 0) is 26.7 Å². The number of aryl methyl sites for hydroxylation is 2. The highest BCUT2D eigenvalue weighted by Gasteiger charge is 2.37. The van der Waals surface area contributed by atoms with Gasteiger partial charge in [-0.15, -0.1) is 10.9 Å². The molecule has 1 unspecified atom stereocenters. The van der Waals surface area contributed by atoms with Crippen molar-refractivity contribution in [3.8, 4) is 5.75 Å². The van der Waals surface area contributed by atoms with Crippen LogP contribution in [0, 0.1) is 12.8 Å². The summed E-state index contributed by atoms with van der Waals surface area (Å²) in [4.78, 5) is 12.6. The first-order valence-electron chi connectivity index (χ1n) is 11.4. The van der Waals surface area contributed by atoms with E-state index >= 15 is 0 Å². The first-order valence-corrected chi connectivity index (χ1v) is 13.2. The van der Waals surface area contributed by atoms with Crippen LogP contribution in [0.25, 0.3) is 0 Å². The molecule has 0 aromatic heterocycles. The van der Waals surface area contributed by atoms with Crippen molar-refractivity contribution >= 4 is 21.5 Å². The summed E-state index contributed by atoms with van der Waals surface area (Å²) in [6, 6.07) is 11.1. The van der Waals surface area contributed by atoms with Gasteiger partial charge < -0.3 is 15.2 Å². The fraction of sp³-hybridized carbons (Fsp3) is 0.423. The molecule has 3 rings (SSSR count). The van der Waals surface area contributed by atoms with E-state index in [4.69, 9.17) is 20.3 Å². The maximum atomic E-state index is 12.6. The van der Waals surface area contributed by atoms with Crippen molar-refractivity contribution in [3.05, 3.63) is 71.3 Å². The maximum Gasteiger partial charge on any atom is 0.286 e. The van der Waals surface area contributed by atoms with Gasteiger partial charge in [0.1, 0.15) is 27.9 Å². The van der Waals surface area contributed by atoms with Crippen molar-refractivity contribution in [1.82, 2.24) is 0 Å². The summed E-state index contributed by atoms with van der Waals surface area (Å²) in [7, 11) is -1.45. The van der Waals surface area contributed by atoms with Crippen LogP contribution in [-0.4, -0.2) is 29.6 Å². The zero-order valence-corrected chi connectivity index (χ0v) is 21.0. The number of nitrogen functional groups attached to an aromatic ring is 1. The van der Waals surface area contributed by atoms with Gasteiger partial charge in [0.25, 0.3) is 5.91 Å². The number of allylic oxidation sites excluding steroid dienone is 1. The minimum atomic E-state index is -3.15. The Kier molecular flexibility index (Phi) is 8.17. The highest BCUT2D eigenvalue weighted by molar-refractivity contribution is 7.91. The standard InChI is InChI=1S/C26H35N3O4S/c1-5-7-19(3)16-34(28,31)29-25(30)21-10-12-24(23(27)15-21)33-17-26(32-4)13-6-8-20-14-18(2)9-11-22(20)26/h5,9-12,14-15,19H,1,6-8,13,16-17,27H2,2-4H3,(H2,28,29,30,31)/t19-,26-,34?/m0/s1. The van der Waals surface area contributed by atoms with Crippen molar-refractivity contribution in [3.63, 3.8) is 0 Å². The summed E-state index contributed by atoms with van der Waals surface area (Å²) < 4.78 is 28.4. The number of benzene rings is 2. The van der Waals surface area contributed by atoms with Crippen LogP contribution in [0.15, 0.2) is 53.4 Å². The SMILES string of the molecule is C=CC[C@H](C)CS(N)(=O)=NC(=O)c1ccc(OC[C@@]2(OC)CCCc3cc(C)ccc32)c(N)c1. The molecule has 2 aromatic carbocycles. The van der Waals surface area contributed by atoms with Crippen molar-refractivity contribution < 1.29 is 18.5 Å². The zero-order valence-electron chi connectivity index (χ0n) is 20.2. The second-order valence-corrected chi connectivity index (χ2v) is 11.0. The quantitative estimate of drug-likeness (QED) is 0.400. The molecule has 3 atom stereocenters. The van der Waals surface area contributed by atoms with E-state index in [-0.39, 0.29) is 22.9 Å². The van der Waals surface area contributed by atoms with E-state index in [1.807, 2.05) is 6.92 Å². The molecule has 0 fully saturated rings. The van der Waals surface area contributed by atoms with Gasteiger partial charge in [-0.1, -0.05) is 36.8 Å². The lowest BCUT2D eigenvalue weighted by Gasteiger charge is -2.38. The Bertz CT molecular complexity index is 1190. The average Bonchev–Trinajstić information content (AvgIpc) is 2.77. The number of fused-ring (bicyclic) bond motifs is 1. The second-order valence-electron chi connectivity index (χ2n) is 9.14. The van der Waals surface area contributed by atoms with E-state index in [0.717, 1.165) is 24.8 Å². The lowest BCUT2D eigenvalue weighted by Crippen LogP contribution is -2.39. The Morgan fingerprint density at radius 3 is 2.76 bits per heavy atom. The van der Waals surface area contributed by atoms with Gasteiger partial charge in [-0.05, 0) is 67.9 Å². The number of ether oxygens (including phenoxy) is 2. The summed E-state index contributed by atoms with van der Waals surface area (Å²) in [6.45, 7) is 7.92. The van der Waals surface area contributed by atoms with E-state index in [9.17, 15) is 9.00 Å². The largest absolute Gasteiger partial charge is 0.488 e. The Labute approximate surface area is 202 Å². The van der Waals surface area contributed by atoms with E-state index in [1.165, 1.54) is 17.2 Å². The van der Waals surface area contributed by atoms with E-state index in [2.05, 4.69) is 36.1 Å². The second kappa shape index (κ2) is 10.7. The molecule has 0 saturated heterocycles. The number of methoxy groups -OCH3 is 1. The van der Waals surface area contributed by atoms with Gasteiger partial charge in [0.05, 0.1) is 5.69 Å². The van der Waals surface area contributed by atoms with Crippen LogP contribution in [0.4, 0.5) is 5.69 Å². The Morgan fingerprint density at radius 2 is 2.09 bits per heavy atom. The Hall–Kier alpha value is -2.68. The number of carbonyl (C=O) groups is 1. The molecule has 0 spiro atoms. The van der Waals surface area contributed by atoms with Crippen LogP contribution in [0.3, 0.4) is 0 Å². The van der Waals surface area contributed by atoms with Crippen molar-refractivity contribution in [2.24, 2.45) is 15.4 Å². The molecule has 0 radical (unpaired) electrons. The molecule has 34 heavy (non-hydrogen) atoms. The summed E-state index contributed by atoms with van der Waals surface area (Å²) >= 11 is 0. The number of carbonyl (C=O) groups excluding carboxylic acids is 1. The topological polar surface area (TPSA) is 117 Å². The van der Waals surface area contributed by atoms with E-state index < -0.39 is 21.4 Å². The number of hydrogen-bond acceptors (Lipinski definition) is 5. The first kappa shape index (κ1) is 25.9. The highest BCUT2D eigenvalue weighted by Crippen LogP contribution is 2.39. The number of nitrogens with zero attached hydrogens (tertiary/aromatic N) is 1. The summed E-state index contributed by atoms with van der Waals surface area (Å²) in [5.41, 5.74) is 9.75. The number of rotatable bonds is 9. The van der Waals surface area contributed by atoms with Crippen LogP contribution >= 0.6 is 0 Å². The fourth-order valence-electron chi connectivity index (χ4n) is 4.49. The highest BCUT2D eigenvalue weighted by atomic mass is 32.2. The molecular formula is C26H35N3O4S. The molecule has 7 nitrogen and oxygen atoms in total. The predicted molar refractivity (Wildman–Crippen MR) is 137 cm³/mol. The van der Waals surface area contributed by atoms with E-state index in [0.29, 0.717) is 18.8 Å². The summed E-state index contributed by atoms with van der Waals surface area (Å²) in [5.74, 6) is -0.0993. The summed E-state index contributed by atoms with van der Waals surface area (Å²) in [5, 5.41) is 5.80. The number of hydrogen-bond donors (Lipinski definition) is 2. The Morgan fingerprint density at radius 1 is 1.32 bits per heavy atom. The predicted octanol–water partition coefficient (Wildman–Crippen LogP) is 4.53. The molecule has 2 aromatic rings. The van der Waals surface area contributed by atoms with Gasteiger partial charge in [0.15, 0.2) is 0 Å². The lowest BCUT2D eigenvalue weighted by molar-refractivity contribution is -0.0615. The molecule has 1 aliphatic rings. The first-order chi connectivity index (χ1) is 16.1. The van der Waals surface area contributed by atoms with Crippen LogP contribution < -0.4 is 15.6 Å². The smallest absolute Gasteiger partial charge is 0.286 e. The van der Waals surface area contributed by atoms with Gasteiger partial charge in [0, 0.05) is 18.4 Å². The number of anilines is 1. The molecule has 0 saturated carbocycles. The van der Waals surface area contributed by atoms with Gasteiger partial charge in [-0.2, -0.15) is 0 Å². The Balaban J connectivity index is 1.76. The zero-order chi connectivity index (χ0) is 24.9. The van der Waals surface area contributed by atoms with Crippen LogP contribution in [0.2, 0.25) is 0 Å². The van der Waals surface area contributed by atoms with Crippen molar-refractivity contribution in [2.45, 2.75) is 45.1 Å². The third-order valence-electron chi connectivity index (χ3n) is 6.22. The number of nitrogens with two attached hydrogens (primary N) is 2. The van der Waals surface area contributed by atoms with Crippen molar-refractivity contribution in [1.29, 1.82) is 0 Å². The van der Waals surface area contributed by atoms with Crippen molar-refractivity contribution in [2.75, 3.05) is 25.2 Å². The minimum absolute atomic E-state index is 0.00864. The molecule has 0 heterocycles. The molecular weight excluding hydrogens is 450 g/mol. The monoisotopic (exact) mass is 485 g/mol. The van der Waals surface area contributed by atoms with E-state index in [1.54, 1.807) is 25.3 Å². The molecule has 0 aliphatic heterocycles. The molecule has 1 aliphatic carbocycles. The molecule has 4 N–H and O–H groups in total. The minimum Gasteiger partial charge on any atom is -0.488 e. The lowest BCUT2D eigenvalue weighted by atomic mass is 9.79. The van der Waals surface area contributed by atoms with Gasteiger partial charge >= 0.3 is 0 Å². The van der Waals surface area contributed by atoms with Gasteiger partial charge in [-0.3, -0.25) is 4.79 Å². The summed E-state index contributed by atoms with van der Waals surface area (Å²) in [6.07, 6.45) is 5.22. The van der Waals surface area contributed by atoms with Gasteiger partial charge in [-0.25, -0.2) is 9.35 Å². The molecule has 0 bridgehead atoms. The molecule has 8 heteroatoms. The van der Waals surface area contributed by atoms with Crippen LogP contribution in [0.5, 0.6) is 5.75 Å². The fourth-order valence-corrected chi connectivity index (χ4v) is 5.90. The normalized spacial score (nSPS) is 20.0. The maximum absolute atomic E-state index is 12.6. The average molecular weight is 486 g/mol.